The van der Waals surface area contributed by atoms with Gasteiger partial charge in [0.2, 0.25) is 5.88 Å². The molecule has 6 nitrogen and oxygen atoms in total. The lowest BCUT2D eigenvalue weighted by molar-refractivity contribution is 0.327. The van der Waals surface area contributed by atoms with Crippen LogP contribution in [0.4, 0.5) is 5.82 Å². The molecule has 39 heavy (non-hydrogen) atoms. The highest BCUT2D eigenvalue weighted by Crippen LogP contribution is 2.39. The van der Waals surface area contributed by atoms with Crippen LogP contribution in [0.3, 0.4) is 0 Å². The predicted octanol–water partition coefficient (Wildman–Crippen LogP) is 7.23. The van der Waals surface area contributed by atoms with E-state index in [9.17, 15) is 5.26 Å². The minimum atomic E-state index is 0.282. The molecule has 0 atom stereocenters. The highest BCUT2D eigenvalue weighted by atomic mass is 35.5. The topological polar surface area (TPSA) is 74.9 Å². The quantitative estimate of drug-likeness (QED) is 0.214. The van der Waals surface area contributed by atoms with Crippen LogP contribution in [0.1, 0.15) is 30.9 Å². The summed E-state index contributed by atoms with van der Waals surface area (Å²) < 4.78 is 5.78. The minimum Gasteiger partial charge on any atom is -0.477 e. The number of piperidine rings is 1. The van der Waals surface area contributed by atoms with Crippen molar-refractivity contribution in [1.82, 2.24) is 15.0 Å². The summed E-state index contributed by atoms with van der Waals surface area (Å²) in [5, 5.41) is 12.3. The summed E-state index contributed by atoms with van der Waals surface area (Å²) in [6.07, 6.45) is 4.96. The summed E-state index contributed by atoms with van der Waals surface area (Å²) in [7, 11) is 0. The van der Waals surface area contributed by atoms with Gasteiger partial charge in [0.1, 0.15) is 17.5 Å². The average molecular weight is 534 g/mol. The zero-order valence-corrected chi connectivity index (χ0v) is 22.5. The van der Waals surface area contributed by atoms with Gasteiger partial charge >= 0.3 is 0 Å². The molecule has 1 aliphatic rings. The highest BCUT2D eigenvalue weighted by Gasteiger charge is 2.25. The van der Waals surface area contributed by atoms with E-state index < -0.39 is 0 Å². The molecule has 0 amide bonds. The molecule has 7 heteroatoms. The minimum absolute atomic E-state index is 0.282. The van der Waals surface area contributed by atoms with E-state index in [0.717, 1.165) is 60.1 Å². The number of ether oxygens (including phenoxy) is 1. The van der Waals surface area contributed by atoms with E-state index in [1.807, 2.05) is 43.3 Å². The summed E-state index contributed by atoms with van der Waals surface area (Å²) in [5.74, 6) is 1.79. The van der Waals surface area contributed by atoms with Gasteiger partial charge in [-0.15, -0.1) is 0 Å². The second kappa shape index (κ2) is 10.9. The zero-order chi connectivity index (χ0) is 26.8. The third-order valence-corrected chi connectivity index (χ3v) is 7.72. The number of hydrogen-bond donors (Lipinski definition) is 0. The Morgan fingerprint density at radius 3 is 2.41 bits per heavy atom. The van der Waals surface area contributed by atoms with Crippen LogP contribution in [0, 0.1) is 17.2 Å². The van der Waals surface area contributed by atoms with E-state index in [0.29, 0.717) is 34.3 Å². The lowest BCUT2D eigenvalue weighted by atomic mass is 9.90. The van der Waals surface area contributed by atoms with E-state index in [1.165, 1.54) is 5.56 Å². The molecule has 3 aromatic heterocycles. The smallest absolute Gasteiger partial charge is 0.234 e. The van der Waals surface area contributed by atoms with Gasteiger partial charge in [-0.25, -0.2) is 9.97 Å². The van der Waals surface area contributed by atoms with Crippen molar-refractivity contribution >= 4 is 39.4 Å². The normalized spacial score (nSPS) is 14.0. The van der Waals surface area contributed by atoms with Crippen molar-refractivity contribution in [2.45, 2.75) is 26.2 Å². The molecule has 1 aliphatic heterocycles. The van der Waals surface area contributed by atoms with E-state index in [4.69, 9.17) is 26.3 Å². The number of fused-ring (bicyclic) bond motifs is 2. The van der Waals surface area contributed by atoms with Crippen molar-refractivity contribution in [3.63, 3.8) is 0 Å². The second-order valence-corrected chi connectivity index (χ2v) is 10.3. The summed E-state index contributed by atoms with van der Waals surface area (Å²) in [5.41, 5.74) is 4.59. The Morgan fingerprint density at radius 2 is 1.72 bits per heavy atom. The van der Waals surface area contributed by atoms with Crippen molar-refractivity contribution < 1.29 is 4.74 Å². The standard InChI is InChI=1S/C32H28ClN5O/c1-2-39-32-26(19-34)28(23-11-7-4-8-12-23)24-18-25-29(36-30(24)37-32)27(33)20-35-31(25)38-15-13-22(14-16-38)17-21-9-5-3-6-10-21/h3-12,18,20,22H,2,13-17H2,1H3. The number of anilines is 1. The van der Waals surface area contributed by atoms with Gasteiger partial charge in [-0.3, -0.25) is 0 Å². The third kappa shape index (κ3) is 4.86. The van der Waals surface area contributed by atoms with Gasteiger partial charge in [0, 0.05) is 29.4 Å². The van der Waals surface area contributed by atoms with Crippen molar-refractivity contribution in [3.05, 3.63) is 89.1 Å². The van der Waals surface area contributed by atoms with E-state index in [1.54, 1.807) is 6.20 Å². The maximum atomic E-state index is 10.2. The lowest BCUT2D eigenvalue weighted by Crippen LogP contribution is -2.35. The maximum Gasteiger partial charge on any atom is 0.234 e. The number of aromatic nitrogens is 3. The van der Waals surface area contributed by atoms with E-state index >= 15 is 0 Å². The van der Waals surface area contributed by atoms with Crippen LogP contribution in [0.25, 0.3) is 33.1 Å². The SMILES string of the molecule is CCOc1nc2nc3c(Cl)cnc(N4CCC(Cc5ccccc5)CC4)c3cc2c(-c2ccccc2)c1C#N. The second-order valence-electron chi connectivity index (χ2n) is 9.88. The number of benzene rings is 2. The first-order valence-corrected chi connectivity index (χ1v) is 13.7. The van der Waals surface area contributed by atoms with Crippen molar-refractivity contribution in [1.29, 1.82) is 5.26 Å². The number of nitrogens with zero attached hydrogens (tertiary/aromatic N) is 5. The summed E-state index contributed by atoms with van der Waals surface area (Å²) in [4.78, 5) is 16.7. The number of nitriles is 1. The lowest BCUT2D eigenvalue weighted by Gasteiger charge is -2.33. The molecular formula is C32H28ClN5O. The summed E-state index contributed by atoms with van der Waals surface area (Å²) >= 11 is 6.64. The van der Waals surface area contributed by atoms with Crippen LogP contribution < -0.4 is 9.64 Å². The summed E-state index contributed by atoms with van der Waals surface area (Å²) in [6, 6.07) is 24.9. The van der Waals surface area contributed by atoms with Crippen LogP contribution in [0.2, 0.25) is 5.02 Å². The fourth-order valence-corrected chi connectivity index (χ4v) is 5.76. The fraction of sp³-hybridized carbons (Fsp3) is 0.250. The zero-order valence-electron chi connectivity index (χ0n) is 21.8. The van der Waals surface area contributed by atoms with Gasteiger partial charge in [-0.2, -0.15) is 10.2 Å². The number of rotatable bonds is 6. The Labute approximate surface area is 232 Å². The highest BCUT2D eigenvalue weighted by molar-refractivity contribution is 6.35. The Bertz CT molecular complexity index is 1680. The number of halogens is 1. The first-order chi connectivity index (χ1) is 19.2. The molecule has 6 rings (SSSR count). The molecule has 0 aliphatic carbocycles. The molecule has 1 saturated heterocycles. The molecule has 4 heterocycles. The van der Waals surface area contributed by atoms with Gasteiger partial charge in [-0.05, 0) is 49.3 Å². The molecule has 0 unspecified atom stereocenters. The van der Waals surface area contributed by atoms with Gasteiger partial charge in [0.15, 0.2) is 5.65 Å². The Hall–Kier alpha value is -4.21. The van der Waals surface area contributed by atoms with E-state index in [-0.39, 0.29) is 5.88 Å². The molecule has 2 aromatic carbocycles. The van der Waals surface area contributed by atoms with Crippen molar-refractivity contribution in [3.8, 4) is 23.1 Å². The van der Waals surface area contributed by atoms with Crippen LogP contribution in [0.5, 0.6) is 5.88 Å². The molecule has 0 N–H and O–H groups in total. The monoisotopic (exact) mass is 533 g/mol. The average Bonchev–Trinajstić information content (AvgIpc) is 2.98. The van der Waals surface area contributed by atoms with Gasteiger partial charge in [0.05, 0.1) is 23.3 Å². The number of hydrogen-bond acceptors (Lipinski definition) is 6. The third-order valence-electron chi connectivity index (χ3n) is 7.45. The van der Waals surface area contributed by atoms with Crippen LogP contribution in [0.15, 0.2) is 72.9 Å². The predicted molar refractivity (Wildman–Crippen MR) is 156 cm³/mol. The fourth-order valence-electron chi connectivity index (χ4n) is 5.57. The Morgan fingerprint density at radius 1 is 1.00 bits per heavy atom. The summed E-state index contributed by atoms with van der Waals surface area (Å²) in [6.45, 7) is 4.09. The molecule has 0 radical (unpaired) electrons. The van der Waals surface area contributed by atoms with Crippen LogP contribution >= 0.6 is 11.6 Å². The molecule has 194 valence electrons. The maximum absolute atomic E-state index is 10.2. The van der Waals surface area contributed by atoms with Crippen LogP contribution in [-0.2, 0) is 6.42 Å². The Kier molecular flexibility index (Phi) is 7.00. The molecule has 0 bridgehead atoms. The first kappa shape index (κ1) is 25.1. The van der Waals surface area contributed by atoms with E-state index in [2.05, 4.69) is 46.3 Å². The molecule has 0 spiro atoms. The molecule has 0 saturated carbocycles. The largest absolute Gasteiger partial charge is 0.477 e. The molecule has 5 aromatic rings. The molecular weight excluding hydrogens is 506 g/mol. The van der Waals surface area contributed by atoms with Crippen LogP contribution in [-0.4, -0.2) is 34.6 Å². The first-order valence-electron chi connectivity index (χ1n) is 13.4. The van der Waals surface area contributed by atoms with Crippen molar-refractivity contribution in [2.75, 3.05) is 24.6 Å². The molecule has 1 fully saturated rings. The van der Waals surface area contributed by atoms with Gasteiger partial charge in [-0.1, -0.05) is 72.3 Å². The van der Waals surface area contributed by atoms with Crippen molar-refractivity contribution in [2.24, 2.45) is 5.92 Å². The Balaban J connectivity index is 1.45. The van der Waals surface area contributed by atoms with Gasteiger partial charge < -0.3 is 9.64 Å². The number of pyridine rings is 3. The van der Waals surface area contributed by atoms with Gasteiger partial charge in [0.25, 0.3) is 0 Å².